The summed E-state index contributed by atoms with van der Waals surface area (Å²) in [4.78, 5) is 13.0. The Bertz CT molecular complexity index is 656. The van der Waals surface area contributed by atoms with Crippen LogP contribution >= 0.6 is 0 Å². The van der Waals surface area contributed by atoms with E-state index in [1.54, 1.807) is 0 Å². The van der Waals surface area contributed by atoms with E-state index in [-0.39, 0.29) is 35.1 Å². The second-order valence-electron chi connectivity index (χ2n) is 8.70. The van der Waals surface area contributed by atoms with Gasteiger partial charge in [-0.05, 0) is 58.8 Å². The number of fused-ring (bicyclic) bond motifs is 2. The summed E-state index contributed by atoms with van der Waals surface area (Å²) in [6.45, 7) is 8.17. The fraction of sp³-hybridized carbons (Fsp3) is 0.650. The minimum Gasteiger partial charge on any atom is -0.399 e. The van der Waals surface area contributed by atoms with Crippen molar-refractivity contribution in [2.75, 3.05) is 0 Å². The van der Waals surface area contributed by atoms with E-state index >= 15 is 0 Å². The molecule has 3 saturated heterocycles. The Kier molecular flexibility index (Phi) is 4.10. The zero-order valence-electron chi connectivity index (χ0n) is 15.6. The number of hydrogen-bond donors (Lipinski definition) is 0. The van der Waals surface area contributed by atoms with E-state index in [0.717, 1.165) is 36.7 Å². The molecule has 2 unspecified atom stereocenters. The predicted octanol–water partition coefficient (Wildman–Crippen LogP) is 3.13. The van der Waals surface area contributed by atoms with Crippen LogP contribution in [0.15, 0.2) is 24.3 Å². The maximum Gasteiger partial charge on any atom is 0.494 e. The number of carbonyl (C=O) groups excluding carboxylic acids is 1. The summed E-state index contributed by atoms with van der Waals surface area (Å²) in [6.07, 6.45) is 4.47. The van der Waals surface area contributed by atoms with Gasteiger partial charge in [0.2, 0.25) is 0 Å². The number of ether oxygens (including phenoxy) is 1. The lowest BCUT2D eigenvalue weighted by Gasteiger charge is -2.32. The topological polar surface area (TPSA) is 44.8 Å². The molecule has 134 valence electrons. The number of Topliss-reactive ketones (excluding diaryl/α,β-unsaturated/α-hetero) is 1. The van der Waals surface area contributed by atoms with Gasteiger partial charge >= 0.3 is 7.12 Å². The van der Waals surface area contributed by atoms with Crippen molar-refractivity contribution in [3.63, 3.8) is 0 Å². The van der Waals surface area contributed by atoms with Crippen LogP contribution in [0.5, 0.6) is 0 Å². The molecule has 1 aromatic carbocycles. The van der Waals surface area contributed by atoms with Crippen LogP contribution in [-0.4, -0.2) is 36.3 Å². The first-order chi connectivity index (χ1) is 11.7. The van der Waals surface area contributed by atoms with Gasteiger partial charge in [-0.3, -0.25) is 4.79 Å². The maximum atomic E-state index is 13.0. The van der Waals surface area contributed by atoms with Crippen LogP contribution in [0.25, 0.3) is 0 Å². The number of benzene rings is 1. The lowest BCUT2D eigenvalue weighted by molar-refractivity contribution is -0.0149. The van der Waals surface area contributed by atoms with Gasteiger partial charge in [0.1, 0.15) is 0 Å². The van der Waals surface area contributed by atoms with E-state index in [0.29, 0.717) is 0 Å². The first-order valence-corrected chi connectivity index (χ1v) is 9.40. The fourth-order valence-corrected chi connectivity index (χ4v) is 4.13. The summed E-state index contributed by atoms with van der Waals surface area (Å²) in [5, 5.41) is 0. The van der Waals surface area contributed by atoms with Gasteiger partial charge in [0.05, 0.1) is 23.4 Å². The summed E-state index contributed by atoms with van der Waals surface area (Å²) in [5.41, 5.74) is 0.924. The third kappa shape index (κ3) is 3.07. The minimum absolute atomic E-state index is 0.0831. The fourth-order valence-electron chi connectivity index (χ4n) is 4.13. The molecular formula is C20H27BO4. The van der Waals surface area contributed by atoms with Gasteiger partial charge in [-0.25, -0.2) is 0 Å². The van der Waals surface area contributed by atoms with Crippen molar-refractivity contribution in [1.29, 1.82) is 0 Å². The average Bonchev–Trinajstić information content (AvgIpc) is 3.01. The molecule has 0 saturated carbocycles. The van der Waals surface area contributed by atoms with Crippen molar-refractivity contribution in [3.05, 3.63) is 29.8 Å². The number of ketones is 1. The van der Waals surface area contributed by atoms with Crippen molar-refractivity contribution in [3.8, 4) is 0 Å². The monoisotopic (exact) mass is 342 g/mol. The molecule has 0 spiro atoms. The summed E-state index contributed by atoms with van der Waals surface area (Å²) in [5.74, 6) is 0.318. The van der Waals surface area contributed by atoms with E-state index in [1.165, 1.54) is 0 Å². The molecule has 0 aliphatic carbocycles. The third-order valence-corrected chi connectivity index (χ3v) is 6.36. The Morgan fingerprint density at radius 3 is 2.24 bits per heavy atom. The van der Waals surface area contributed by atoms with Crippen molar-refractivity contribution in [2.45, 2.75) is 76.8 Å². The molecule has 2 atom stereocenters. The Hall–Kier alpha value is -1.17. The van der Waals surface area contributed by atoms with Crippen molar-refractivity contribution >= 4 is 18.4 Å². The van der Waals surface area contributed by atoms with Gasteiger partial charge < -0.3 is 14.0 Å². The average molecular weight is 342 g/mol. The standard InChI is InChI=1S/C20H27BO4/c1-19(2)20(3,4)25-21(24-19)15-7-5-6-13(10-15)18(22)14-11-16-8-9-17(12-14)23-16/h5-7,10,14,16-17H,8-9,11-12H2,1-4H3. The zero-order chi connectivity index (χ0) is 17.8. The van der Waals surface area contributed by atoms with Crippen molar-refractivity contribution in [2.24, 2.45) is 5.92 Å². The first-order valence-electron chi connectivity index (χ1n) is 9.40. The van der Waals surface area contributed by atoms with Gasteiger partial charge in [0.25, 0.3) is 0 Å². The maximum absolute atomic E-state index is 13.0. The molecule has 0 aromatic heterocycles. The molecule has 2 bridgehead atoms. The Labute approximate surface area is 150 Å². The number of rotatable bonds is 3. The van der Waals surface area contributed by atoms with E-state index < -0.39 is 7.12 Å². The minimum atomic E-state index is -0.427. The van der Waals surface area contributed by atoms with Crippen LogP contribution in [0.1, 0.15) is 63.7 Å². The molecule has 3 aliphatic heterocycles. The Balaban J connectivity index is 1.53. The first kappa shape index (κ1) is 17.3. The summed E-state index contributed by atoms with van der Waals surface area (Å²) < 4.78 is 18.1. The lowest BCUT2D eigenvalue weighted by Crippen LogP contribution is -2.41. The second kappa shape index (κ2) is 5.93. The van der Waals surface area contributed by atoms with Gasteiger partial charge in [0, 0.05) is 11.5 Å². The van der Waals surface area contributed by atoms with E-state index in [4.69, 9.17) is 14.0 Å². The van der Waals surface area contributed by atoms with Crippen molar-refractivity contribution < 1.29 is 18.8 Å². The predicted molar refractivity (Wildman–Crippen MR) is 97.1 cm³/mol. The highest BCUT2D eigenvalue weighted by Gasteiger charge is 2.51. The molecule has 3 aliphatic rings. The van der Waals surface area contributed by atoms with Gasteiger partial charge in [-0.2, -0.15) is 0 Å². The van der Waals surface area contributed by atoms with Crippen LogP contribution < -0.4 is 5.46 Å². The van der Waals surface area contributed by atoms with Crippen LogP contribution in [-0.2, 0) is 14.0 Å². The molecule has 1 aromatic rings. The Morgan fingerprint density at radius 1 is 1.04 bits per heavy atom. The highest BCUT2D eigenvalue weighted by Crippen LogP contribution is 2.38. The molecule has 5 heteroatoms. The van der Waals surface area contributed by atoms with Crippen LogP contribution in [0.4, 0.5) is 0 Å². The molecule has 3 heterocycles. The molecule has 4 rings (SSSR count). The quantitative estimate of drug-likeness (QED) is 0.625. The Morgan fingerprint density at radius 2 is 1.64 bits per heavy atom. The van der Waals surface area contributed by atoms with E-state index in [2.05, 4.69) is 0 Å². The van der Waals surface area contributed by atoms with Crippen LogP contribution in [0.2, 0.25) is 0 Å². The zero-order valence-corrected chi connectivity index (χ0v) is 15.6. The number of hydrogen-bond acceptors (Lipinski definition) is 4. The molecule has 0 radical (unpaired) electrons. The normalized spacial score (nSPS) is 32.8. The second-order valence-corrected chi connectivity index (χ2v) is 8.70. The summed E-state index contributed by atoms with van der Waals surface area (Å²) in [6, 6.07) is 7.77. The van der Waals surface area contributed by atoms with Crippen LogP contribution in [0.3, 0.4) is 0 Å². The molecule has 0 amide bonds. The summed E-state index contributed by atoms with van der Waals surface area (Å²) in [7, 11) is -0.427. The highest BCUT2D eigenvalue weighted by atomic mass is 16.7. The van der Waals surface area contributed by atoms with Crippen LogP contribution in [0, 0.1) is 5.92 Å². The van der Waals surface area contributed by atoms with Gasteiger partial charge in [-0.1, -0.05) is 24.3 Å². The van der Waals surface area contributed by atoms with Gasteiger partial charge in [-0.15, -0.1) is 0 Å². The highest BCUT2D eigenvalue weighted by molar-refractivity contribution is 6.62. The SMILES string of the molecule is CC1(C)OB(c2cccc(C(=O)C3CC4CCC(C3)O4)c2)OC1(C)C. The lowest BCUT2D eigenvalue weighted by atomic mass is 9.77. The van der Waals surface area contributed by atoms with E-state index in [1.807, 2.05) is 52.0 Å². The molecule has 0 N–H and O–H groups in total. The molecule has 4 nitrogen and oxygen atoms in total. The molecule has 25 heavy (non-hydrogen) atoms. The molecule has 3 fully saturated rings. The molecular weight excluding hydrogens is 315 g/mol. The smallest absolute Gasteiger partial charge is 0.399 e. The van der Waals surface area contributed by atoms with Gasteiger partial charge in [0.15, 0.2) is 5.78 Å². The van der Waals surface area contributed by atoms with E-state index in [9.17, 15) is 4.79 Å². The van der Waals surface area contributed by atoms with Crippen molar-refractivity contribution in [1.82, 2.24) is 0 Å². The largest absolute Gasteiger partial charge is 0.494 e. The summed E-state index contributed by atoms with van der Waals surface area (Å²) >= 11 is 0. The number of carbonyl (C=O) groups is 1. The third-order valence-electron chi connectivity index (χ3n) is 6.36.